The van der Waals surface area contributed by atoms with Crippen LogP contribution >= 0.6 is 0 Å². The highest BCUT2D eigenvalue weighted by molar-refractivity contribution is 5.80. The molecule has 2 N–H and O–H groups in total. The van der Waals surface area contributed by atoms with Gasteiger partial charge in [-0.25, -0.2) is 0 Å². The first-order valence-electron chi connectivity index (χ1n) is 7.38. The number of carbonyl (C=O) groups excluding carboxylic acids is 1. The molecule has 0 spiro atoms. The smallest absolute Gasteiger partial charge is 0.226 e. The van der Waals surface area contributed by atoms with Gasteiger partial charge in [0.25, 0.3) is 0 Å². The molecule has 1 aliphatic heterocycles. The molecule has 2 fully saturated rings. The van der Waals surface area contributed by atoms with Crippen LogP contribution in [0.25, 0.3) is 0 Å². The SMILES string of the molecule is CC1CCN(C(=O)C2CCC(N)C(C)C2(C)C)C1. The fourth-order valence-corrected chi connectivity index (χ4v) is 3.65. The lowest BCUT2D eigenvalue weighted by Gasteiger charge is -2.47. The highest BCUT2D eigenvalue weighted by Crippen LogP contribution is 2.45. The normalized spacial score (nSPS) is 39.9. The number of likely N-dealkylation sites (tertiary alicyclic amines) is 1. The number of nitrogens with zero attached hydrogens (tertiary/aromatic N) is 1. The van der Waals surface area contributed by atoms with E-state index in [1.54, 1.807) is 0 Å². The molecule has 0 aromatic carbocycles. The summed E-state index contributed by atoms with van der Waals surface area (Å²) < 4.78 is 0. The van der Waals surface area contributed by atoms with E-state index in [4.69, 9.17) is 5.73 Å². The number of rotatable bonds is 1. The minimum atomic E-state index is 0.0284. The van der Waals surface area contributed by atoms with Crippen molar-refractivity contribution in [1.82, 2.24) is 4.90 Å². The van der Waals surface area contributed by atoms with Crippen molar-refractivity contribution >= 4 is 5.91 Å². The summed E-state index contributed by atoms with van der Waals surface area (Å²) in [5, 5.41) is 0. The molecule has 104 valence electrons. The third-order valence-electron chi connectivity index (χ3n) is 5.54. The van der Waals surface area contributed by atoms with E-state index in [1.807, 2.05) is 0 Å². The molecule has 0 radical (unpaired) electrons. The zero-order valence-electron chi connectivity index (χ0n) is 12.3. The van der Waals surface area contributed by atoms with Crippen LogP contribution in [0.5, 0.6) is 0 Å². The van der Waals surface area contributed by atoms with Crippen molar-refractivity contribution in [3.63, 3.8) is 0 Å². The van der Waals surface area contributed by atoms with Gasteiger partial charge in [0.15, 0.2) is 0 Å². The second-order valence-corrected chi connectivity index (χ2v) is 7.08. The fourth-order valence-electron chi connectivity index (χ4n) is 3.65. The molecule has 4 unspecified atom stereocenters. The predicted octanol–water partition coefficient (Wildman–Crippen LogP) is 2.25. The van der Waals surface area contributed by atoms with Crippen LogP contribution in [0, 0.1) is 23.2 Å². The molecule has 1 saturated carbocycles. The van der Waals surface area contributed by atoms with E-state index in [9.17, 15) is 4.79 Å². The van der Waals surface area contributed by atoms with E-state index in [0.29, 0.717) is 17.7 Å². The average molecular weight is 252 g/mol. The zero-order chi connectivity index (χ0) is 13.5. The Kier molecular flexibility index (Phi) is 3.72. The number of amides is 1. The molecule has 3 heteroatoms. The van der Waals surface area contributed by atoms with Gasteiger partial charge >= 0.3 is 0 Å². The van der Waals surface area contributed by atoms with Crippen LogP contribution in [0.1, 0.15) is 47.0 Å². The molecular weight excluding hydrogens is 224 g/mol. The highest BCUT2D eigenvalue weighted by atomic mass is 16.2. The molecule has 2 rings (SSSR count). The molecule has 1 aliphatic carbocycles. The standard InChI is InChI=1S/C15H28N2O/c1-10-7-8-17(9-10)14(18)12-5-6-13(16)11(2)15(12,3)4/h10-13H,5-9,16H2,1-4H3. The first-order chi connectivity index (χ1) is 8.34. The van der Waals surface area contributed by atoms with Crippen molar-refractivity contribution < 1.29 is 4.79 Å². The first kappa shape index (κ1) is 13.9. The van der Waals surface area contributed by atoms with Gasteiger partial charge in [-0.2, -0.15) is 0 Å². The predicted molar refractivity (Wildman–Crippen MR) is 74.0 cm³/mol. The largest absolute Gasteiger partial charge is 0.342 e. The van der Waals surface area contributed by atoms with Gasteiger partial charge < -0.3 is 10.6 Å². The summed E-state index contributed by atoms with van der Waals surface area (Å²) in [6.45, 7) is 10.8. The molecule has 1 saturated heterocycles. The van der Waals surface area contributed by atoms with Crippen molar-refractivity contribution in [2.24, 2.45) is 28.9 Å². The Labute approximate surface area is 111 Å². The Morgan fingerprint density at radius 1 is 1.22 bits per heavy atom. The molecule has 1 amide bonds. The van der Waals surface area contributed by atoms with Crippen molar-refractivity contribution in [3.8, 4) is 0 Å². The molecule has 0 bridgehead atoms. The van der Waals surface area contributed by atoms with Crippen molar-refractivity contribution in [2.45, 2.75) is 53.0 Å². The molecule has 18 heavy (non-hydrogen) atoms. The number of carbonyl (C=O) groups is 1. The van der Waals surface area contributed by atoms with Gasteiger partial charge in [-0.3, -0.25) is 4.79 Å². The highest BCUT2D eigenvalue weighted by Gasteiger charge is 2.46. The minimum absolute atomic E-state index is 0.0284. The Hall–Kier alpha value is -0.570. The van der Waals surface area contributed by atoms with Crippen LogP contribution < -0.4 is 5.73 Å². The van der Waals surface area contributed by atoms with Crippen LogP contribution in [0.3, 0.4) is 0 Å². The van der Waals surface area contributed by atoms with E-state index in [0.717, 1.165) is 32.4 Å². The summed E-state index contributed by atoms with van der Waals surface area (Å²) >= 11 is 0. The summed E-state index contributed by atoms with van der Waals surface area (Å²) in [5.74, 6) is 1.63. The Morgan fingerprint density at radius 3 is 2.44 bits per heavy atom. The summed E-state index contributed by atoms with van der Waals surface area (Å²) in [7, 11) is 0. The lowest BCUT2D eigenvalue weighted by atomic mass is 9.60. The zero-order valence-corrected chi connectivity index (χ0v) is 12.3. The molecule has 0 aromatic rings. The lowest BCUT2D eigenvalue weighted by molar-refractivity contribution is -0.142. The van der Waals surface area contributed by atoms with Gasteiger partial charge in [0.1, 0.15) is 0 Å². The minimum Gasteiger partial charge on any atom is -0.342 e. The second-order valence-electron chi connectivity index (χ2n) is 7.08. The number of hydrogen-bond acceptors (Lipinski definition) is 2. The Balaban J connectivity index is 2.10. The van der Waals surface area contributed by atoms with E-state index >= 15 is 0 Å². The van der Waals surface area contributed by atoms with Gasteiger partial charge in [0.05, 0.1) is 0 Å². The first-order valence-corrected chi connectivity index (χ1v) is 7.38. The summed E-state index contributed by atoms with van der Waals surface area (Å²) in [4.78, 5) is 14.8. The molecule has 3 nitrogen and oxygen atoms in total. The Morgan fingerprint density at radius 2 is 1.89 bits per heavy atom. The van der Waals surface area contributed by atoms with Gasteiger partial charge in [0, 0.05) is 25.0 Å². The van der Waals surface area contributed by atoms with E-state index < -0.39 is 0 Å². The van der Waals surface area contributed by atoms with Crippen molar-refractivity contribution in [3.05, 3.63) is 0 Å². The summed E-state index contributed by atoms with van der Waals surface area (Å²) in [6.07, 6.45) is 3.11. The number of nitrogens with two attached hydrogens (primary N) is 1. The maximum atomic E-state index is 12.7. The quantitative estimate of drug-likeness (QED) is 0.778. The summed E-state index contributed by atoms with van der Waals surface area (Å²) in [6, 6.07) is 0.251. The van der Waals surface area contributed by atoms with E-state index in [1.165, 1.54) is 0 Å². The van der Waals surface area contributed by atoms with Gasteiger partial charge in [-0.15, -0.1) is 0 Å². The van der Waals surface area contributed by atoms with E-state index in [2.05, 4.69) is 32.6 Å². The second kappa shape index (κ2) is 4.84. The fraction of sp³-hybridized carbons (Fsp3) is 0.933. The van der Waals surface area contributed by atoms with Crippen LogP contribution in [0.4, 0.5) is 0 Å². The van der Waals surface area contributed by atoms with Crippen molar-refractivity contribution in [2.75, 3.05) is 13.1 Å². The molecule has 1 heterocycles. The molecule has 2 aliphatic rings. The average Bonchev–Trinajstić information content (AvgIpc) is 2.72. The lowest BCUT2D eigenvalue weighted by Crippen LogP contribution is -2.52. The van der Waals surface area contributed by atoms with Crippen molar-refractivity contribution in [1.29, 1.82) is 0 Å². The van der Waals surface area contributed by atoms with Crippen LogP contribution in [0.2, 0.25) is 0 Å². The summed E-state index contributed by atoms with van der Waals surface area (Å²) in [5.41, 5.74) is 6.20. The topological polar surface area (TPSA) is 46.3 Å². The number of hydrogen-bond donors (Lipinski definition) is 1. The van der Waals surface area contributed by atoms with Gasteiger partial charge in [-0.1, -0.05) is 27.7 Å². The maximum Gasteiger partial charge on any atom is 0.226 e. The maximum absolute atomic E-state index is 12.7. The van der Waals surface area contributed by atoms with Crippen LogP contribution in [-0.2, 0) is 4.79 Å². The molecule has 4 atom stereocenters. The Bertz CT molecular complexity index is 326. The van der Waals surface area contributed by atoms with E-state index in [-0.39, 0.29) is 17.4 Å². The molecule has 0 aromatic heterocycles. The molecular formula is C15H28N2O. The third kappa shape index (κ3) is 2.29. The van der Waals surface area contributed by atoms with Gasteiger partial charge in [-0.05, 0) is 36.5 Å². The van der Waals surface area contributed by atoms with Gasteiger partial charge in [0.2, 0.25) is 5.91 Å². The van der Waals surface area contributed by atoms with Crippen LogP contribution in [-0.4, -0.2) is 29.9 Å². The van der Waals surface area contributed by atoms with Crippen LogP contribution in [0.15, 0.2) is 0 Å². The monoisotopic (exact) mass is 252 g/mol. The third-order valence-corrected chi connectivity index (χ3v) is 5.54.